The maximum atomic E-state index is 13.0. The normalized spacial score (nSPS) is 9.82. The van der Waals surface area contributed by atoms with Gasteiger partial charge in [-0.25, -0.2) is 4.39 Å². The zero-order chi connectivity index (χ0) is 12.8. The zero-order valence-electron chi connectivity index (χ0n) is 9.77. The molecule has 0 heterocycles. The molecule has 0 fully saturated rings. The topological polar surface area (TPSA) is 46.6 Å². The van der Waals surface area contributed by atoms with Crippen molar-refractivity contribution >= 4 is 12.2 Å². The molecule has 0 aliphatic carbocycles. The molecule has 92 valence electrons. The molecular formula is C12H14FNO3. The van der Waals surface area contributed by atoms with Crippen molar-refractivity contribution in [3.05, 3.63) is 29.6 Å². The van der Waals surface area contributed by atoms with E-state index in [1.54, 1.807) is 14.1 Å². The van der Waals surface area contributed by atoms with Crippen LogP contribution in [0.25, 0.3) is 0 Å². The van der Waals surface area contributed by atoms with E-state index in [0.717, 1.165) is 6.07 Å². The first-order valence-electron chi connectivity index (χ1n) is 5.11. The Morgan fingerprint density at radius 2 is 2.12 bits per heavy atom. The Hall–Kier alpha value is -1.91. The van der Waals surface area contributed by atoms with Crippen LogP contribution in [-0.4, -0.2) is 37.8 Å². The molecule has 0 spiro atoms. The summed E-state index contributed by atoms with van der Waals surface area (Å²) in [4.78, 5) is 23.2. The first-order valence-corrected chi connectivity index (χ1v) is 5.11. The summed E-state index contributed by atoms with van der Waals surface area (Å²) in [7, 11) is 3.30. The highest BCUT2D eigenvalue weighted by atomic mass is 19.1. The summed E-state index contributed by atoms with van der Waals surface area (Å²) in [6.45, 7) is 0.152. The fourth-order valence-electron chi connectivity index (χ4n) is 1.22. The number of hydrogen-bond acceptors (Lipinski definition) is 3. The van der Waals surface area contributed by atoms with E-state index in [1.807, 2.05) is 0 Å². The zero-order valence-corrected chi connectivity index (χ0v) is 9.77. The van der Waals surface area contributed by atoms with Crippen LogP contribution in [0.4, 0.5) is 4.39 Å². The molecule has 0 radical (unpaired) electrons. The van der Waals surface area contributed by atoms with Gasteiger partial charge in [-0.1, -0.05) is 0 Å². The van der Waals surface area contributed by atoms with Gasteiger partial charge in [-0.2, -0.15) is 0 Å². The van der Waals surface area contributed by atoms with E-state index in [0.29, 0.717) is 6.29 Å². The van der Waals surface area contributed by atoms with Crippen molar-refractivity contribution in [1.29, 1.82) is 0 Å². The molecule has 5 heteroatoms. The molecule has 1 amide bonds. The molecule has 4 nitrogen and oxygen atoms in total. The van der Waals surface area contributed by atoms with Crippen LogP contribution in [0.3, 0.4) is 0 Å². The molecule has 1 aromatic carbocycles. The largest absolute Gasteiger partial charge is 0.493 e. The predicted octanol–water partition coefficient (Wildman–Crippen LogP) is 1.50. The number of rotatable bonds is 5. The van der Waals surface area contributed by atoms with E-state index < -0.39 is 5.82 Å². The lowest BCUT2D eigenvalue weighted by Crippen LogP contribution is -2.23. The lowest BCUT2D eigenvalue weighted by atomic mass is 10.2. The van der Waals surface area contributed by atoms with E-state index in [-0.39, 0.29) is 30.2 Å². The quantitative estimate of drug-likeness (QED) is 0.731. The first kappa shape index (κ1) is 13.2. The number of ether oxygens (including phenoxy) is 1. The number of nitrogens with zero attached hydrogens (tertiary/aromatic N) is 1. The Morgan fingerprint density at radius 3 is 2.71 bits per heavy atom. The van der Waals surface area contributed by atoms with Gasteiger partial charge >= 0.3 is 0 Å². The molecular weight excluding hydrogens is 225 g/mol. The second-order valence-corrected chi connectivity index (χ2v) is 3.72. The number of halogens is 1. The van der Waals surface area contributed by atoms with Crippen LogP contribution in [0.5, 0.6) is 5.75 Å². The lowest BCUT2D eigenvalue weighted by Gasteiger charge is -2.11. The maximum Gasteiger partial charge on any atom is 0.225 e. The molecule has 0 aliphatic heterocycles. The summed E-state index contributed by atoms with van der Waals surface area (Å²) in [6, 6.07) is 3.72. The third kappa shape index (κ3) is 4.22. The van der Waals surface area contributed by atoms with E-state index in [1.165, 1.54) is 17.0 Å². The average molecular weight is 239 g/mol. The molecule has 1 aromatic rings. The Morgan fingerprint density at radius 1 is 1.41 bits per heavy atom. The van der Waals surface area contributed by atoms with Crippen molar-refractivity contribution in [3.63, 3.8) is 0 Å². The van der Waals surface area contributed by atoms with E-state index in [4.69, 9.17) is 4.74 Å². The fourth-order valence-corrected chi connectivity index (χ4v) is 1.22. The Bertz CT molecular complexity index is 418. The van der Waals surface area contributed by atoms with Crippen LogP contribution in [0.2, 0.25) is 0 Å². The molecule has 1 rings (SSSR count). The Balaban J connectivity index is 2.54. The predicted molar refractivity (Wildman–Crippen MR) is 60.6 cm³/mol. The minimum absolute atomic E-state index is 0.0722. The van der Waals surface area contributed by atoms with Crippen LogP contribution in [-0.2, 0) is 4.79 Å². The van der Waals surface area contributed by atoms with Crippen molar-refractivity contribution in [2.24, 2.45) is 0 Å². The van der Waals surface area contributed by atoms with Gasteiger partial charge < -0.3 is 9.64 Å². The summed E-state index contributed by atoms with van der Waals surface area (Å²) in [5.74, 6) is -0.362. The summed E-state index contributed by atoms with van der Waals surface area (Å²) >= 11 is 0. The van der Waals surface area contributed by atoms with Crippen LogP contribution < -0.4 is 4.74 Å². The number of hydrogen-bond donors (Lipinski definition) is 0. The Labute approximate surface area is 99.0 Å². The Kier molecular flexibility index (Phi) is 4.63. The van der Waals surface area contributed by atoms with Crippen molar-refractivity contribution in [1.82, 2.24) is 4.90 Å². The van der Waals surface area contributed by atoms with Gasteiger partial charge in [-0.05, 0) is 12.1 Å². The van der Waals surface area contributed by atoms with Crippen LogP contribution in [0.15, 0.2) is 18.2 Å². The molecule has 0 saturated carbocycles. The second-order valence-electron chi connectivity index (χ2n) is 3.72. The number of aldehydes is 1. The second kappa shape index (κ2) is 5.98. The van der Waals surface area contributed by atoms with Gasteiger partial charge in [0.15, 0.2) is 0 Å². The third-order valence-electron chi connectivity index (χ3n) is 2.11. The molecule has 0 saturated heterocycles. The van der Waals surface area contributed by atoms with Crippen molar-refractivity contribution in [2.75, 3.05) is 20.7 Å². The fraction of sp³-hybridized carbons (Fsp3) is 0.333. The minimum Gasteiger partial charge on any atom is -0.493 e. The van der Waals surface area contributed by atoms with Gasteiger partial charge in [0.25, 0.3) is 0 Å². The number of carbonyl (C=O) groups is 2. The number of amides is 1. The van der Waals surface area contributed by atoms with Gasteiger partial charge in [0, 0.05) is 25.7 Å². The summed E-state index contributed by atoms with van der Waals surface area (Å²) in [5.41, 5.74) is 0.207. The molecule has 0 atom stereocenters. The molecule has 0 unspecified atom stereocenters. The molecule has 0 N–H and O–H groups in total. The van der Waals surface area contributed by atoms with Crippen LogP contribution >= 0.6 is 0 Å². The van der Waals surface area contributed by atoms with Gasteiger partial charge in [0.1, 0.15) is 17.9 Å². The van der Waals surface area contributed by atoms with Crippen LogP contribution in [0.1, 0.15) is 16.8 Å². The van der Waals surface area contributed by atoms with Gasteiger partial charge in [-0.3, -0.25) is 9.59 Å². The summed E-state index contributed by atoms with van der Waals surface area (Å²) < 4.78 is 18.2. The molecule has 17 heavy (non-hydrogen) atoms. The minimum atomic E-state index is -0.538. The van der Waals surface area contributed by atoms with Gasteiger partial charge in [0.05, 0.1) is 13.0 Å². The van der Waals surface area contributed by atoms with Crippen molar-refractivity contribution < 1.29 is 18.7 Å². The van der Waals surface area contributed by atoms with E-state index >= 15 is 0 Å². The lowest BCUT2D eigenvalue weighted by molar-refractivity contribution is -0.129. The van der Waals surface area contributed by atoms with Gasteiger partial charge in [0.2, 0.25) is 5.91 Å². The number of carbonyl (C=O) groups excluding carboxylic acids is 2. The standard InChI is InChI=1S/C12H14FNO3/c1-14(2)12(16)3-4-17-11-6-9(8-15)5-10(13)7-11/h5-8H,3-4H2,1-2H3. The van der Waals surface area contributed by atoms with Gasteiger partial charge in [-0.15, -0.1) is 0 Å². The summed E-state index contributed by atoms with van der Waals surface area (Å²) in [5, 5.41) is 0. The smallest absolute Gasteiger partial charge is 0.225 e. The van der Waals surface area contributed by atoms with E-state index in [2.05, 4.69) is 0 Å². The van der Waals surface area contributed by atoms with Crippen molar-refractivity contribution in [3.8, 4) is 5.75 Å². The van der Waals surface area contributed by atoms with Crippen molar-refractivity contribution in [2.45, 2.75) is 6.42 Å². The number of benzene rings is 1. The monoisotopic (exact) mass is 239 g/mol. The van der Waals surface area contributed by atoms with E-state index in [9.17, 15) is 14.0 Å². The third-order valence-corrected chi connectivity index (χ3v) is 2.11. The highest BCUT2D eigenvalue weighted by Gasteiger charge is 2.05. The highest BCUT2D eigenvalue weighted by Crippen LogP contribution is 2.15. The average Bonchev–Trinajstić information content (AvgIpc) is 2.27. The molecule has 0 aromatic heterocycles. The molecule has 0 aliphatic rings. The first-order chi connectivity index (χ1) is 8.02. The maximum absolute atomic E-state index is 13.0. The SMILES string of the molecule is CN(C)C(=O)CCOc1cc(F)cc(C=O)c1. The highest BCUT2D eigenvalue weighted by molar-refractivity contribution is 5.76. The summed E-state index contributed by atoms with van der Waals surface area (Å²) in [6.07, 6.45) is 0.751. The molecule has 0 bridgehead atoms. The van der Waals surface area contributed by atoms with Crippen LogP contribution in [0, 0.1) is 5.82 Å².